The second-order valence-corrected chi connectivity index (χ2v) is 3.74. The summed E-state index contributed by atoms with van der Waals surface area (Å²) in [5, 5.41) is 0. The summed E-state index contributed by atoms with van der Waals surface area (Å²) in [7, 11) is 2.03. The van der Waals surface area contributed by atoms with Crippen molar-refractivity contribution in [3.63, 3.8) is 0 Å². The van der Waals surface area contributed by atoms with Gasteiger partial charge in [-0.15, -0.1) is 0 Å². The number of nitrogens with zero attached hydrogens (tertiary/aromatic N) is 3. The normalized spacial score (nSPS) is 24.0. The van der Waals surface area contributed by atoms with Gasteiger partial charge < -0.3 is 10.3 Å². The standard InChI is InChI=1S/C9H16N4/c1-12-5-3-11-9(12)7-13-4-2-8(10)6-13/h3,5,8H,2,4,6-7,10H2,1H3/t8-/m1/s1. The van der Waals surface area contributed by atoms with Gasteiger partial charge in [0.05, 0.1) is 6.54 Å². The van der Waals surface area contributed by atoms with E-state index in [0.717, 1.165) is 31.9 Å². The fraction of sp³-hybridized carbons (Fsp3) is 0.667. The third-order valence-electron chi connectivity index (χ3n) is 2.59. The second-order valence-electron chi connectivity index (χ2n) is 3.74. The van der Waals surface area contributed by atoms with Gasteiger partial charge in [0.15, 0.2) is 0 Å². The SMILES string of the molecule is Cn1ccnc1CN1CC[C@@H](N)C1. The van der Waals surface area contributed by atoms with Crippen LogP contribution in [0, 0.1) is 0 Å². The Morgan fingerprint density at radius 3 is 3.08 bits per heavy atom. The molecular weight excluding hydrogens is 164 g/mol. The minimum absolute atomic E-state index is 0.361. The van der Waals surface area contributed by atoms with Gasteiger partial charge in [0.1, 0.15) is 5.82 Å². The van der Waals surface area contributed by atoms with Crippen molar-refractivity contribution in [1.29, 1.82) is 0 Å². The van der Waals surface area contributed by atoms with E-state index >= 15 is 0 Å². The Morgan fingerprint density at radius 2 is 2.54 bits per heavy atom. The highest BCUT2D eigenvalue weighted by atomic mass is 15.2. The maximum atomic E-state index is 5.82. The molecule has 0 amide bonds. The largest absolute Gasteiger partial charge is 0.337 e. The highest BCUT2D eigenvalue weighted by Crippen LogP contribution is 2.10. The lowest BCUT2D eigenvalue weighted by Crippen LogP contribution is -2.27. The van der Waals surface area contributed by atoms with E-state index in [0.29, 0.717) is 6.04 Å². The number of nitrogens with two attached hydrogens (primary N) is 1. The molecular formula is C9H16N4. The summed E-state index contributed by atoms with van der Waals surface area (Å²) in [5.74, 6) is 1.12. The average Bonchev–Trinajstić information content (AvgIpc) is 2.64. The minimum Gasteiger partial charge on any atom is -0.337 e. The molecule has 0 radical (unpaired) electrons. The number of rotatable bonds is 2. The first-order chi connectivity index (χ1) is 6.25. The second kappa shape index (κ2) is 3.47. The highest BCUT2D eigenvalue weighted by Gasteiger charge is 2.19. The van der Waals surface area contributed by atoms with E-state index in [1.165, 1.54) is 0 Å². The minimum atomic E-state index is 0.361. The van der Waals surface area contributed by atoms with Crippen molar-refractivity contribution in [2.45, 2.75) is 19.0 Å². The van der Waals surface area contributed by atoms with E-state index in [9.17, 15) is 0 Å². The van der Waals surface area contributed by atoms with Crippen molar-refractivity contribution < 1.29 is 0 Å². The molecule has 1 atom stereocenters. The summed E-state index contributed by atoms with van der Waals surface area (Å²) in [6, 6.07) is 0.361. The molecule has 0 spiro atoms. The number of hydrogen-bond acceptors (Lipinski definition) is 3. The van der Waals surface area contributed by atoms with E-state index in [-0.39, 0.29) is 0 Å². The predicted octanol–water partition coefficient (Wildman–Crippen LogP) is -0.0469. The van der Waals surface area contributed by atoms with Crippen LogP contribution in [0.4, 0.5) is 0 Å². The maximum absolute atomic E-state index is 5.82. The molecule has 0 unspecified atom stereocenters. The molecule has 1 fully saturated rings. The topological polar surface area (TPSA) is 47.1 Å². The molecule has 4 nitrogen and oxygen atoms in total. The summed E-state index contributed by atoms with van der Waals surface area (Å²) in [4.78, 5) is 6.64. The Hall–Kier alpha value is -0.870. The number of imidazole rings is 1. The summed E-state index contributed by atoms with van der Waals surface area (Å²) in [6.07, 6.45) is 4.93. The molecule has 1 aliphatic heterocycles. The van der Waals surface area contributed by atoms with Crippen LogP contribution in [0.25, 0.3) is 0 Å². The summed E-state index contributed by atoms with van der Waals surface area (Å²) in [6.45, 7) is 3.04. The Kier molecular flexibility index (Phi) is 2.33. The first-order valence-corrected chi connectivity index (χ1v) is 4.70. The molecule has 13 heavy (non-hydrogen) atoms. The average molecular weight is 180 g/mol. The van der Waals surface area contributed by atoms with E-state index in [2.05, 4.69) is 14.5 Å². The van der Waals surface area contributed by atoms with Gasteiger partial charge in [0, 0.05) is 38.6 Å². The van der Waals surface area contributed by atoms with Gasteiger partial charge in [-0.05, 0) is 6.42 Å². The van der Waals surface area contributed by atoms with Crippen LogP contribution in [0.3, 0.4) is 0 Å². The zero-order valence-corrected chi connectivity index (χ0v) is 7.98. The fourth-order valence-corrected chi connectivity index (χ4v) is 1.76. The lowest BCUT2D eigenvalue weighted by molar-refractivity contribution is 0.314. The predicted molar refractivity (Wildman–Crippen MR) is 51.1 cm³/mol. The van der Waals surface area contributed by atoms with E-state index in [1.54, 1.807) is 0 Å². The third-order valence-corrected chi connectivity index (χ3v) is 2.59. The smallest absolute Gasteiger partial charge is 0.122 e. The number of hydrogen-bond donors (Lipinski definition) is 1. The van der Waals surface area contributed by atoms with Crippen molar-refractivity contribution in [3.05, 3.63) is 18.2 Å². The van der Waals surface area contributed by atoms with Crippen molar-refractivity contribution >= 4 is 0 Å². The van der Waals surface area contributed by atoms with Gasteiger partial charge in [-0.1, -0.05) is 0 Å². The van der Waals surface area contributed by atoms with Gasteiger partial charge in [0.2, 0.25) is 0 Å². The Morgan fingerprint density at radius 1 is 1.69 bits per heavy atom. The van der Waals surface area contributed by atoms with Gasteiger partial charge in [-0.3, -0.25) is 4.90 Å². The first kappa shape index (κ1) is 8.72. The van der Waals surface area contributed by atoms with E-state index < -0.39 is 0 Å². The summed E-state index contributed by atoms with van der Waals surface area (Å²) < 4.78 is 2.06. The zero-order chi connectivity index (χ0) is 9.26. The van der Waals surface area contributed by atoms with Crippen molar-refractivity contribution in [2.75, 3.05) is 13.1 Å². The van der Waals surface area contributed by atoms with Gasteiger partial charge in [0.25, 0.3) is 0 Å². The molecule has 2 N–H and O–H groups in total. The first-order valence-electron chi connectivity index (χ1n) is 4.70. The summed E-state index contributed by atoms with van der Waals surface area (Å²) in [5.41, 5.74) is 5.82. The summed E-state index contributed by atoms with van der Waals surface area (Å²) >= 11 is 0. The lowest BCUT2D eigenvalue weighted by atomic mass is 10.3. The molecule has 1 aromatic heterocycles. The van der Waals surface area contributed by atoms with Gasteiger partial charge in [-0.25, -0.2) is 4.98 Å². The molecule has 4 heteroatoms. The monoisotopic (exact) mass is 180 g/mol. The number of likely N-dealkylation sites (tertiary alicyclic amines) is 1. The maximum Gasteiger partial charge on any atom is 0.122 e. The van der Waals surface area contributed by atoms with Crippen LogP contribution in [0.2, 0.25) is 0 Å². The van der Waals surface area contributed by atoms with Crippen molar-refractivity contribution in [2.24, 2.45) is 12.8 Å². The van der Waals surface area contributed by atoms with Gasteiger partial charge >= 0.3 is 0 Å². The molecule has 0 aromatic carbocycles. The molecule has 0 saturated carbocycles. The van der Waals surface area contributed by atoms with Crippen LogP contribution in [0.1, 0.15) is 12.2 Å². The Bertz CT molecular complexity index is 281. The van der Waals surface area contributed by atoms with Crippen molar-refractivity contribution in [3.8, 4) is 0 Å². The lowest BCUT2D eigenvalue weighted by Gasteiger charge is -2.14. The van der Waals surface area contributed by atoms with Crippen LogP contribution >= 0.6 is 0 Å². The molecule has 1 aliphatic rings. The fourth-order valence-electron chi connectivity index (χ4n) is 1.76. The van der Waals surface area contributed by atoms with E-state index in [1.807, 2.05) is 19.4 Å². The van der Waals surface area contributed by atoms with E-state index in [4.69, 9.17) is 5.73 Å². The quantitative estimate of drug-likeness (QED) is 0.694. The van der Waals surface area contributed by atoms with Crippen LogP contribution < -0.4 is 5.73 Å². The molecule has 1 aromatic rings. The third kappa shape index (κ3) is 1.89. The number of aryl methyl sites for hydroxylation is 1. The zero-order valence-electron chi connectivity index (χ0n) is 7.98. The molecule has 2 rings (SSSR count). The van der Waals surface area contributed by atoms with Gasteiger partial charge in [-0.2, -0.15) is 0 Å². The molecule has 72 valence electrons. The van der Waals surface area contributed by atoms with Crippen LogP contribution in [-0.4, -0.2) is 33.6 Å². The molecule has 2 heterocycles. The van der Waals surface area contributed by atoms with Crippen LogP contribution in [0.5, 0.6) is 0 Å². The number of aromatic nitrogens is 2. The van der Waals surface area contributed by atoms with Crippen molar-refractivity contribution in [1.82, 2.24) is 14.5 Å². The molecule has 0 bridgehead atoms. The Labute approximate surface area is 78.4 Å². The van der Waals surface area contributed by atoms with Crippen LogP contribution in [-0.2, 0) is 13.6 Å². The molecule has 0 aliphatic carbocycles. The van der Waals surface area contributed by atoms with Crippen LogP contribution in [0.15, 0.2) is 12.4 Å². The Balaban J connectivity index is 1.95. The molecule has 1 saturated heterocycles. The highest BCUT2D eigenvalue weighted by molar-refractivity contribution is 4.92.